The predicted molar refractivity (Wildman–Crippen MR) is 135 cm³/mol. The molecule has 0 amide bonds. The van der Waals surface area contributed by atoms with Crippen LogP contribution in [0.5, 0.6) is 0 Å². The van der Waals surface area contributed by atoms with Crippen LogP contribution in [0.25, 0.3) is 11.0 Å². The number of β-amino-alcohol motifs (C(OH)–C–C–N with tert-alkyl or cyclic N) is 1. The van der Waals surface area contributed by atoms with Crippen molar-refractivity contribution >= 4 is 22.8 Å². The molecule has 3 rings (SSSR count). The van der Waals surface area contributed by atoms with Crippen LogP contribution in [0.3, 0.4) is 0 Å². The maximum absolute atomic E-state index is 11.5. The van der Waals surface area contributed by atoms with Crippen molar-refractivity contribution in [3.8, 4) is 0 Å². The highest BCUT2D eigenvalue weighted by atomic mass is 32.2. The molecule has 1 saturated heterocycles. The second-order valence-electron chi connectivity index (χ2n) is 6.50. The van der Waals surface area contributed by atoms with Gasteiger partial charge in [0.05, 0.1) is 17.9 Å². The zero-order chi connectivity index (χ0) is 23.4. The van der Waals surface area contributed by atoms with Crippen LogP contribution in [-0.4, -0.2) is 56.2 Å². The summed E-state index contributed by atoms with van der Waals surface area (Å²) < 4.78 is 0. The Morgan fingerprint density at radius 3 is 2.30 bits per heavy atom. The maximum atomic E-state index is 11.5. The summed E-state index contributed by atoms with van der Waals surface area (Å²) in [6.07, 6.45) is 9.93. The fourth-order valence-corrected chi connectivity index (χ4v) is 3.19. The van der Waals surface area contributed by atoms with E-state index in [1.807, 2.05) is 45.7 Å². The number of hydrogen-bond acceptors (Lipinski definition) is 5. The number of aromatic amines is 2. The summed E-state index contributed by atoms with van der Waals surface area (Å²) in [4.78, 5) is 23.3. The molecule has 1 aliphatic rings. The topological polar surface area (TPSA) is 85.0 Å². The van der Waals surface area contributed by atoms with Gasteiger partial charge >= 0.3 is 0 Å². The van der Waals surface area contributed by atoms with Crippen LogP contribution in [0.15, 0.2) is 17.3 Å². The van der Waals surface area contributed by atoms with Gasteiger partial charge in [0.1, 0.15) is 5.52 Å². The lowest BCUT2D eigenvalue weighted by Gasteiger charge is -2.13. The third-order valence-corrected chi connectivity index (χ3v) is 4.59. The van der Waals surface area contributed by atoms with Crippen LogP contribution in [0, 0.1) is 0 Å². The average molecular weight is 443 g/mol. The van der Waals surface area contributed by atoms with Gasteiger partial charge in [-0.15, -0.1) is 0 Å². The molecule has 30 heavy (non-hydrogen) atoms. The van der Waals surface area contributed by atoms with Crippen molar-refractivity contribution in [3.63, 3.8) is 0 Å². The van der Waals surface area contributed by atoms with Gasteiger partial charge in [-0.3, -0.25) is 9.69 Å². The molecule has 0 aliphatic carbocycles. The van der Waals surface area contributed by atoms with Gasteiger partial charge in [0.25, 0.3) is 5.56 Å². The number of aliphatic hydroxyl groups excluding tert-OH is 1. The zero-order valence-electron chi connectivity index (χ0n) is 20.5. The molecular formula is C23H46N4O2S. The first kappa shape index (κ1) is 30.9. The highest BCUT2D eigenvalue weighted by Crippen LogP contribution is 2.17. The third-order valence-electron chi connectivity index (χ3n) is 3.89. The van der Waals surface area contributed by atoms with Gasteiger partial charge in [-0.25, -0.2) is 4.98 Å². The van der Waals surface area contributed by atoms with E-state index in [1.165, 1.54) is 31.3 Å². The van der Waals surface area contributed by atoms with Crippen molar-refractivity contribution < 1.29 is 5.11 Å². The number of rotatable bonds is 5. The van der Waals surface area contributed by atoms with E-state index in [1.54, 1.807) is 0 Å². The van der Waals surface area contributed by atoms with Crippen LogP contribution >= 0.6 is 11.8 Å². The molecule has 3 heterocycles. The minimum absolute atomic E-state index is 0.150. The molecule has 1 fully saturated rings. The Labute approximate surface area is 188 Å². The van der Waals surface area contributed by atoms with E-state index < -0.39 is 0 Å². The van der Waals surface area contributed by atoms with Crippen molar-refractivity contribution in [1.82, 2.24) is 19.9 Å². The number of unbranched alkanes of at least 4 members (excludes halogenated alkanes) is 1. The lowest BCUT2D eigenvalue weighted by molar-refractivity contribution is 0.175. The van der Waals surface area contributed by atoms with Crippen molar-refractivity contribution in [2.45, 2.75) is 86.8 Å². The molecule has 0 aromatic carbocycles. The zero-order valence-corrected chi connectivity index (χ0v) is 21.4. The molecule has 6 nitrogen and oxygen atoms in total. The fraction of sp³-hybridized carbons (Fsp3) is 0.739. The van der Waals surface area contributed by atoms with Crippen molar-refractivity contribution in [2.24, 2.45) is 0 Å². The Balaban J connectivity index is 0. The SMILES string of the molecule is CC.CC.CCC.CCCCSC.O=c1[nH]cnc2c(CN3CC[C@H](O)C3)c[nH]c12. The normalized spacial score (nSPS) is 14.9. The average Bonchev–Trinajstić information content (AvgIpc) is 3.38. The van der Waals surface area contributed by atoms with E-state index in [2.05, 4.69) is 46.9 Å². The minimum Gasteiger partial charge on any atom is -0.392 e. The minimum atomic E-state index is -0.225. The van der Waals surface area contributed by atoms with Gasteiger partial charge in [-0.1, -0.05) is 61.3 Å². The first-order valence-corrected chi connectivity index (χ1v) is 12.9. The van der Waals surface area contributed by atoms with Gasteiger partial charge in [0.15, 0.2) is 0 Å². The number of H-pyrrole nitrogens is 2. The Morgan fingerprint density at radius 2 is 1.83 bits per heavy atom. The molecule has 0 bridgehead atoms. The predicted octanol–water partition coefficient (Wildman–Crippen LogP) is 5.44. The largest absolute Gasteiger partial charge is 0.392 e. The van der Waals surface area contributed by atoms with Gasteiger partial charge in [-0.2, -0.15) is 11.8 Å². The summed E-state index contributed by atoms with van der Waals surface area (Å²) in [7, 11) is 0. The molecule has 3 N–H and O–H groups in total. The van der Waals surface area contributed by atoms with E-state index in [0.29, 0.717) is 18.6 Å². The summed E-state index contributed by atoms with van der Waals surface area (Å²) in [5, 5.41) is 9.47. The number of nitrogens with one attached hydrogen (secondary N) is 2. The van der Waals surface area contributed by atoms with Crippen molar-refractivity contribution in [2.75, 3.05) is 25.1 Å². The molecule has 2 aromatic rings. The maximum Gasteiger partial charge on any atom is 0.275 e. The van der Waals surface area contributed by atoms with Gasteiger partial charge in [0.2, 0.25) is 0 Å². The summed E-state index contributed by atoms with van der Waals surface area (Å²) in [6, 6.07) is 0. The van der Waals surface area contributed by atoms with E-state index in [-0.39, 0.29) is 11.7 Å². The Hall–Kier alpha value is -1.31. The smallest absolute Gasteiger partial charge is 0.275 e. The lowest BCUT2D eigenvalue weighted by Crippen LogP contribution is -2.21. The monoisotopic (exact) mass is 442 g/mol. The highest BCUT2D eigenvalue weighted by Gasteiger charge is 2.21. The quantitative estimate of drug-likeness (QED) is 0.537. The van der Waals surface area contributed by atoms with Crippen LogP contribution in [0.1, 0.15) is 79.7 Å². The third kappa shape index (κ3) is 12.4. The molecular weight excluding hydrogens is 396 g/mol. The number of hydrogen-bond donors (Lipinski definition) is 3. The number of nitrogens with zero attached hydrogens (tertiary/aromatic N) is 2. The van der Waals surface area contributed by atoms with Crippen molar-refractivity contribution in [3.05, 3.63) is 28.4 Å². The van der Waals surface area contributed by atoms with Crippen molar-refractivity contribution in [1.29, 1.82) is 0 Å². The molecule has 1 atom stereocenters. The van der Waals surface area contributed by atoms with Gasteiger partial charge in [-0.05, 0) is 24.9 Å². The second kappa shape index (κ2) is 20.9. The second-order valence-corrected chi connectivity index (χ2v) is 7.49. The Bertz CT molecular complexity index is 669. The summed E-state index contributed by atoms with van der Waals surface area (Å²) in [5.74, 6) is 1.33. The van der Waals surface area contributed by atoms with Crippen LogP contribution in [0.4, 0.5) is 0 Å². The Morgan fingerprint density at radius 1 is 1.20 bits per heavy atom. The lowest BCUT2D eigenvalue weighted by atomic mass is 10.2. The molecule has 2 aromatic heterocycles. The molecule has 0 spiro atoms. The van der Waals surface area contributed by atoms with Crippen LogP contribution in [-0.2, 0) is 6.54 Å². The molecule has 1 aliphatic heterocycles. The highest BCUT2D eigenvalue weighted by molar-refractivity contribution is 7.98. The summed E-state index contributed by atoms with van der Waals surface area (Å²) >= 11 is 1.93. The number of fused-ring (bicyclic) bond motifs is 1. The summed E-state index contributed by atoms with van der Waals surface area (Å²) in [5.41, 5.74) is 2.08. The van der Waals surface area contributed by atoms with E-state index in [9.17, 15) is 9.90 Å². The molecule has 0 unspecified atom stereocenters. The fourth-order valence-electron chi connectivity index (χ4n) is 2.61. The first-order chi connectivity index (χ1) is 14.6. The van der Waals surface area contributed by atoms with Crippen LogP contribution < -0.4 is 5.56 Å². The van der Waals surface area contributed by atoms with Gasteiger partial charge in [0, 0.05) is 31.4 Å². The number of aliphatic hydroxyl groups is 1. The summed E-state index contributed by atoms with van der Waals surface area (Å²) in [6.45, 7) is 16.8. The first-order valence-electron chi connectivity index (χ1n) is 11.5. The standard InChI is InChI=1S/C11H14N4O2.C5H12S.C3H8.2C2H6/c16-8-1-2-15(5-8)4-7-3-12-10-9(7)13-6-14-11(10)17;1-3-4-5-6-2;1-3-2;2*1-2/h3,6,8,12,16H,1-2,4-5H2,(H,13,14,17);3-5H2,1-2H3;3H2,1-2H3;2*1-2H3/t8-;;;;/m0..../s1. The Kier molecular flexibility index (Phi) is 21.6. The number of likely N-dealkylation sites (tertiary alicyclic amines) is 1. The van der Waals surface area contributed by atoms with E-state index >= 15 is 0 Å². The van der Waals surface area contributed by atoms with E-state index in [4.69, 9.17) is 0 Å². The van der Waals surface area contributed by atoms with Crippen LogP contribution in [0.2, 0.25) is 0 Å². The van der Waals surface area contributed by atoms with Gasteiger partial charge < -0.3 is 15.1 Å². The molecule has 176 valence electrons. The molecule has 7 heteroatoms. The molecule has 0 saturated carbocycles. The molecule has 0 radical (unpaired) electrons. The number of thioether (sulfide) groups is 1. The van der Waals surface area contributed by atoms with E-state index in [0.717, 1.165) is 24.0 Å². The number of aromatic nitrogens is 3.